The molecule has 2 heterocycles. The number of halogens is 1. The Hall–Kier alpha value is -3.19. The molecule has 0 bridgehead atoms. The van der Waals surface area contributed by atoms with Crippen molar-refractivity contribution in [2.45, 2.75) is 13.5 Å². The zero-order chi connectivity index (χ0) is 22.0. The Balaban J connectivity index is 1.44. The number of rotatable bonds is 6. The number of pyridine rings is 1. The van der Waals surface area contributed by atoms with E-state index in [0.717, 1.165) is 54.9 Å². The van der Waals surface area contributed by atoms with Gasteiger partial charge in [0.2, 0.25) is 0 Å². The number of hydrogen-bond acceptors (Lipinski definition) is 6. The number of carbonyl (C=O) groups excluding carboxylic acids is 1. The third-order valence-corrected chi connectivity index (χ3v) is 5.72. The predicted octanol–water partition coefficient (Wildman–Crippen LogP) is 3.92. The van der Waals surface area contributed by atoms with Crippen molar-refractivity contribution in [3.05, 3.63) is 59.5 Å². The lowest BCUT2D eigenvalue weighted by atomic mass is 10.1. The van der Waals surface area contributed by atoms with E-state index in [9.17, 15) is 9.18 Å². The monoisotopic (exact) mass is 423 g/mol. The molecule has 2 aromatic carbocycles. The van der Waals surface area contributed by atoms with Gasteiger partial charge < -0.3 is 14.4 Å². The Labute approximate surface area is 181 Å². The molecule has 0 atom stereocenters. The van der Waals surface area contributed by atoms with E-state index in [1.54, 1.807) is 26.4 Å². The van der Waals surface area contributed by atoms with Gasteiger partial charge in [-0.15, -0.1) is 0 Å². The minimum absolute atomic E-state index is 0.130. The zero-order valence-corrected chi connectivity index (χ0v) is 18.0. The highest BCUT2D eigenvalue weighted by atomic mass is 19.1. The van der Waals surface area contributed by atoms with Gasteiger partial charge in [0.05, 0.1) is 25.4 Å². The number of benzene rings is 2. The fourth-order valence-corrected chi connectivity index (χ4v) is 3.97. The first-order chi connectivity index (χ1) is 15.0. The average Bonchev–Trinajstić information content (AvgIpc) is 2.79. The van der Waals surface area contributed by atoms with Crippen LogP contribution in [0.5, 0.6) is 11.5 Å². The molecule has 1 aliphatic rings. The highest BCUT2D eigenvalue weighted by Crippen LogP contribution is 2.31. The Kier molecular flexibility index (Phi) is 6.04. The van der Waals surface area contributed by atoms with E-state index in [-0.39, 0.29) is 11.6 Å². The van der Waals surface area contributed by atoms with Crippen LogP contribution in [0.3, 0.4) is 0 Å². The van der Waals surface area contributed by atoms with Crippen molar-refractivity contribution in [1.29, 1.82) is 0 Å². The van der Waals surface area contributed by atoms with E-state index in [0.29, 0.717) is 17.0 Å². The molecule has 31 heavy (non-hydrogen) atoms. The molecular formula is C24H26FN3O3. The maximum Gasteiger partial charge on any atom is 0.159 e. The summed E-state index contributed by atoms with van der Waals surface area (Å²) in [6.45, 7) is 5.27. The number of anilines is 1. The maximum absolute atomic E-state index is 14.5. The largest absolute Gasteiger partial charge is 0.497 e. The number of methoxy groups -OCH3 is 2. The standard InChI is InChI=1S/C24H26FN3O3/c1-16(29)18-4-5-23(21(25)11-18)28-8-6-27(7-9-28)15-17-10-20-22(26-14-17)12-19(30-2)13-24(20)31-3/h4-5,10-14H,6-9,15H2,1-3H3. The van der Waals surface area contributed by atoms with Crippen molar-refractivity contribution in [2.75, 3.05) is 45.3 Å². The van der Waals surface area contributed by atoms with E-state index in [4.69, 9.17) is 9.47 Å². The smallest absolute Gasteiger partial charge is 0.159 e. The fourth-order valence-electron chi connectivity index (χ4n) is 3.97. The van der Waals surface area contributed by atoms with Crippen LogP contribution in [0, 0.1) is 5.82 Å². The van der Waals surface area contributed by atoms with Crippen molar-refractivity contribution < 1.29 is 18.7 Å². The van der Waals surface area contributed by atoms with E-state index in [1.165, 1.54) is 13.0 Å². The van der Waals surface area contributed by atoms with Crippen molar-refractivity contribution in [2.24, 2.45) is 0 Å². The first-order valence-corrected chi connectivity index (χ1v) is 10.3. The second-order valence-electron chi connectivity index (χ2n) is 7.73. The minimum atomic E-state index is -0.345. The highest BCUT2D eigenvalue weighted by Gasteiger charge is 2.20. The molecule has 1 aliphatic heterocycles. The van der Waals surface area contributed by atoms with Gasteiger partial charge in [0.1, 0.15) is 17.3 Å². The predicted molar refractivity (Wildman–Crippen MR) is 119 cm³/mol. The second-order valence-corrected chi connectivity index (χ2v) is 7.73. The molecule has 1 fully saturated rings. The normalized spacial score (nSPS) is 14.6. The maximum atomic E-state index is 14.5. The van der Waals surface area contributed by atoms with Crippen LogP contribution in [-0.4, -0.2) is 56.1 Å². The number of ketones is 1. The lowest BCUT2D eigenvalue weighted by Gasteiger charge is -2.36. The van der Waals surface area contributed by atoms with Crippen LogP contribution < -0.4 is 14.4 Å². The van der Waals surface area contributed by atoms with Crippen molar-refractivity contribution in [1.82, 2.24) is 9.88 Å². The van der Waals surface area contributed by atoms with E-state index >= 15 is 0 Å². The molecule has 6 nitrogen and oxygen atoms in total. The Morgan fingerprint density at radius 3 is 2.48 bits per heavy atom. The number of ether oxygens (including phenoxy) is 2. The van der Waals surface area contributed by atoms with Gasteiger partial charge in [0.25, 0.3) is 0 Å². The van der Waals surface area contributed by atoms with E-state index in [1.807, 2.05) is 23.2 Å². The average molecular weight is 423 g/mol. The third kappa shape index (κ3) is 4.46. The summed E-state index contributed by atoms with van der Waals surface area (Å²) in [5.74, 6) is 0.971. The molecule has 0 N–H and O–H groups in total. The number of piperazine rings is 1. The van der Waals surface area contributed by atoms with Gasteiger partial charge in [-0.2, -0.15) is 0 Å². The van der Waals surface area contributed by atoms with Crippen molar-refractivity contribution >= 4 is 22.4 Å². The Bertz CT molecular complexity index is 1110. The number of fused-ring (bicyclic) bond motifs is 1. The summed E-state index contributed by atoms with van der Waals surface area (Å²) < 4.78 is 25.3. The van der Waals surface area contributed by atoms with Crippen LogP contribution in [0.2, 0.25) is 0 Å². The number of carbonyl (C=O) groups is 1. The topological polar surface area (TPSA) is 54.9 Å². The summed E-state index contributed by atoms with van der Waals surface area (Å²) in [4.78, 5) is 20.4. The van der Waals surface area contributed by atoms with Gasteiger partial charge in [0.15, 0.2) is 5.78 Å². The number of nitrogens with zero attached hydrogens (tertiary/aromatic N) is 3. The summed E-state index contributed by atoms with van der Waals surface area (Å²) in [7, 11) is 3.26. The molecular weight excluding hydrogens is 397 g/mol. The molecule has 162 valence electrons. The Morgan fingerprint density at radius 2 is 1.84 bits per heavy atom. The molecule has 0 aliphatic carbocycles. The van der Waals surface area contributed by atoms with Gasteiger partial charge in [-0.25, -0.2) is 4.39 Å². The molecule has 1 saturated heterocycles. The van der Waals surface area contributed by atoms with Crippen LogP contribution in [-0.2, 0) is 6.54 Å². The molecule has 0 amide bonds. The zero-order valence-electron chi connectivity index (χ0n) is 18.0. The van der Waals surface area contributed by atoms with Gasteiger partial charge in [-0.3, -0.25) is 14.7 Å². The molecule has 1 aromatic heterocycles. The fraction of sp³-hybridized carbons (Fsp3) is 0.333. The Morgan fingerprint density at radius 1 is 1.06 bits per heavy atom. The van der Waals surface area contributed by atoms with Crippen LogP contribution in [0.4, 0.5) is 10.1 Å². The van der Waals surface area contributed by atoms with Crippen LogP contribution >= 0.6 is 0 Å². The van der Waals surface area contributed by atoms with Gasteiger partial charge in [-0.05, 0) is 36.8 Å². The molecule has 3 aromatic rings. The van der Waals surface area contributed by atoms with E-state index in [2.05, 4.69) is 16.0 Å². The summed E-state index contributed by atoms with van der Waals surface area (Å²) in [5.41, 5.74) is 2.88. The SMILES string of the molecule is COc1cc(OC)c2cc(CN3CCN(c4ccc(C(C)=O)cc4F)CC3)cnc2c1. The summed E-state index contributed by atoms with van der Waals surface area (Å²) in [6, 6.07) is 10.6. The van der Waals surface area contributed by atoms with Crippen LogP contribution in [0.15, 0.2) is 42.6 Å². The molecule has 7 heteroatoms. The number of aromatic nitrogens is 1. The van der Waals surface area contributed by atoms with E-state index < -0.39 is 0 Å². The summed E-state index contributed by atoms with van der Waals surface area (Å²) in [5, 5.41) is 0.951. The van der Waals surface area contributed by atoms with Crippen LogP contribution in [0.25, 0.3) is 10.9 Å². The van der Waals surface area contributed by atoms with Crippen molar-refractivity contribution in [3.63, 3.8) is 0 Å². The third-order valence-electron chi connectivity index (χ3n) is 5.72. The number of hydrogen-bond donors (Lipinski definition) is 0. The quantitative estimate of drug-likeness (QED) is 0.561. The molecule has 0 spiro atoms. The summed E-state index contributed by atoms with van der Waals surface area (Å²) >= 11 is 0. The minimum Gasteiger partial charge on any atom is -0.497 e. The molecule has 0 unspecified atom stereocenters. The van der Waals surface area contributed by atoms with Gasteiger partial charge in [-0.1, -0.05) is 0 Å². The van der Waals surface area contributed by atoms with Crippen LogP contribution in [0.1, 0.15) is 22.8 Å². The highest BCUT2D eigenvalue weighted by molar-refractivity contribution is 5.94. The number of Topliss-reactive ketones (excluding diaryl/α,β-unsaturated/α-hetero) is 1. The van der Waals surface area contributed by atoms with Crippen molar-refractivity contribution in [3.8, 4) is 11.5 Å². The lowest BCUT2D eigenvalue weighted by Crippen LogP contribution is -2.46. The first kappa shape index (κ1) is 21.1. The molecule has 0 saturated carbocycles. The summed E-state index contributed by atoms with van der Waals surface area (Å²) in [6.07, 6.45) is 1.88. The van der Waals surface area contributed by atoms with Gasteiger partial charge >= 0.3 is 0 Å². The lowest BCUT2D eigenvalue weighted by molar-refractivity contribution is 0.101. The second kappa shape index (κ2) is 8.89. The molecule has 0 radical (unpaired) electrons. The van der Waals surface area contributed by atoms with Gasteiger partial charge in [0, 0.05) is 62.0 Å². The first-order valence-electron chi connectivity index (χ1n) is 10.3. The molecule has 4 rings (SSSR count).